The average Bonchev–Trinajstić information content (AvgIpc) is 2.41. The Morgan fingerprint density at radius 1 is 1.05 bits per heavy atom. The van der Waals surface area contributed by atoms with Gasteiger partial charge in [-0.1, -0.05) is 30.3 Å². The molecular formula is C15H18N2O2S. The van der Waals surface area contributed by atoms with Crippen molar-refractivity contribution in [1.82, 2.24) is 4.72 Å². The Morgan fingerprint density at radius 2 is 1.75 bits per heavy atom. The Kier molecular flexibility index (Phi) is 4.11. The number of benzene rings is 2. The van der Waals surface area contributed by atoms with Gasteiger partial charge in [0.15, 0.2) is 0 Å². The van der Waals surface area contributed by atoms with Gasteiger partial charge in [-0.15, -0.1) is 0 Å². The Bertz CT molecular complexity index is 724. The second kappa shape index (κ2) is 5.64. The van der Waals surface area contributed by atoms with Crippen LogP contribution in [0.4, 0.5) is 5.69 Å². The van der Waals surface area contributed by atoms with Crippen molar-refractivity contribution in [2.24, 2.45) is 0 Å². The molecule has 0 spiro atoms. The van der Waals surface area contributed by atoms with Crippen LogP contribution in [-0.2, 0) is 16.6 Å². The lowest BCUT2D eigenvalue weighted by Crippen LogP contribution is -2.24. The van der Waals surface area contributed by atoms with Crippen molar-refractivity contribution >= 4 is 15.7 Å². The number of nitrogens with two attached hydrogens (primary N) is 1. The van der Waals surface area contributed by atoms with Crippen LogP contribution in [0.25, 0.3) is 0 Å². The van der Waals surface area contributed by atoms with E-state index in [1.165, 1.54) is 0 Å². The number of nitrogens with one attached hydrogen (secondary N) is 1. The molecule has 0 radical (unpaired) electrons. The molecule has 20 heavy (non-hydrogen) atoms. The molecule has 3 N–H and O–H groups in total. The molecular weight excluding hydrogens is 272 g/mol. The van der Waals surface area contributed by atoms with E-state index in [1.54, 1.807) is 25.1 Å². The van der Waals surface area contributed by atoms with E-state index in [0.717, 1.165) is 11.1 Å². The van der Waals surface area contributed by atoms with Gasteiger partial charge in [-0.25, -0.2) is 13.1 Å². The number of aryl methyl sites for hydroxylation is 1. The van der Waals surface area contributed by atoms with Gasteiger partial charge in [0.1, 0.15) is 0 Å². The van der Waals surface area contributed by atoms with Crippen molar-refractivity contribution in [3.05, 3.63) is 59.2 Å². The lowest BCUT2D eigenvalue weighted by atomic mass is 10.1. The highest BCUT2D eigenvalue weighted by molar-refractivity contribution is 7.89. The summed E-state index contributed by atoms with van der Waals surface area (Å²) in [5, 5.41) is 0. The van der Waals surface area contributed by atoms with E-state index >= 15 is 0 Å². The predicted octanol–water partition coefficient (Wildman–Crippen LogP) is 2.36. The molecule has 4 nitrogen and oxygen atoms in total. The molecule has 2 rings (SSSR count). The quantitative estimate of drug-likeness (QED) is 0.849. The van der Waals surface area contributed by atoms with E-state index in [1.807, 2.05) is 31.2 Å². The third kappa shape index (κ3) is 3.00. The second-order valence-electron chi connectivity index (χ2n) is 4.72. The molecule has 2 aromatic rings. The topological polar surface area (TPSA) is 72.2 Å². The minimum absolute atomic E-state index is 0.228. The van der Waals surface area contributed by atoms with Gasteiger partial charge in [0.05, 0.1) is 4.90 Å². The van der Waals surface area contributed by atoms with Gasteiger partial charge < -0.3 is 5.73 Å². The average molecular weight is 290 g/mol. The van der Waals surface area contributed by atoms with Gasteiger partial charge in [-0.3, -0.25) is 0 Å². The van der Waals surface area contributed by atoms with Crippen LogP contribution in [0, 0.1) is 13.8 Å². The smallest absolute Gasteiger partial charge is 0.241 e. The number of rotatable bonds is 4. The lowest BCUT2D eigenvalue weighted by molar-refractivity contribution is 0.580. The molecule has 106 valence electrons. The van der Waals surface area contributed by atoms with Gasteiger partial charge in [0.25, 0.3) is 0 Å². The number of hydrogen-bond acceptors (Lipinski definition) is 3. The lowest BCUT2D eigenvalue weighted by Gasteiger charge is -2.11. The van der Waals surface area contributed by atoms with Crippen molar-refractivity contribution < 1.29 is 8.42 Å². The zero-order chi connectivity index (χ0) is 14.8. The van der Waals surface area contributed by atoms with E-state index < -0.39 is 10.0 Å². The maximum Gasteiger partial charge on any atom is 0.241 e. The van der Waals surface area contributed by atoms with E-state index in [-0.39, 0.29) is 11.4 Å². The molecule has 0 aromatic heterocycles. The fourth-order valence-electron chi connectivity index (χ4n) is 1.98. The van der Waals surface area contributed by atoms with Crippen molar-refractivity contribution in [1.29, 1.82) is 0 Å². The Hall–Kier alpha value is -1.85. The third-order valence-corrected chi connectivity index (χ3v) is 4.88. The molecule has 0 amide bonds. The maximum atomic E-state index is 12.3. The highest BCUT2D eigenvalue weighted by atomic mass is 32.2. The van der Waals surface area contributed by atoms with E-state index in [4.69, 9.17) is 5.73 Å². The molecule has 0 saturated carbocycles. The molecule has 0 heterocycles. The first-order valence-corrected chi connectivity index (χ1v) is 7.79. The zero-order valence-electron chi connectivity index (χ0n) is 11.6. The van der Waals surface area contributed by atoms with Crippen LogP contribution in [-0.4, -0.2) is 8.42 Å². The van der Waals surface area contributed by atoms with Crippen LogP contribution in [0.5, 0.6) is 0 Å². The summed E-state index contributed by atoms with van der Waals surface area (Å²) in [6.07, 6.45) is 0. The summed E-state index contributed by atoms with van der Waals surface area (Å²) in [6.45, 7) is 3.93. The van der Waals surface area contributed by atoms with Crippen molar-refractivity contribution in [2.75, 3.05) is 5.73 Å². The fourth-order valence-corrected chi connectivity index (χ4v) is 3.26. The highest BCUT2D eigenvalue weighted by Gasteiger charge is 2.17. The van der Waals surface area contributed by atoms with Crippen LogP contribution < -0.4 is 10.5 Å². The number of nitrogen functional groups attached to an aromatic ring is 1. The van der Waals surface area contributed by atoms with Crippen molar-refractivity contribution in [2.45, 2.75) is 25.3 Å². The van der Waals surface area contributed by atoms with E-state index in [2.05, 4.69) is 4.72 Å². The van der Waals surface area contributed by atoms with E-state index in [0.29, 0.717) is 11.3 Å². The molecule has 5 heteroatoms. The maximum absolute atomic E-state index is 12.3. The highest BCUT2D eigenvalue weighted by Crippen LogP contribution is 2.20. The molecule has 0 fully saturated rings. The number of hydrogen-bond donors (Lipinski definition) is 2. The van der Waals surface area contributed by atoms with Crippen LogP contribution in [0.1, 0.15) is 16.7 Å². The normalized spacial score (nSPS) is 11.5. The summed E-state index contributed by atoms with van der Waals surface area (Å²) in [6, 6.07) is 12.6. The second-order valence-corrected chi connectivity index (χ2v) is 6.46. The third-order valence-electron chi connectivity index (χ3n) is 3.33. The SMILES string of the molecule is Cc1ccccc1CNS(=O)(=O)c1cccc(N)c1C. The van der Waals surface area contributed by atoms with Gasteiger partial charge in [0.2, 0.25) is 10.0 Å². The monoisotopic (exact) mass is 290 g/mol. The molecule has 0 atom stereocenters. The first-order valence-electron chi connectivity index (χ1n) is 6.31. The van der Waals surface area contributed by atoms with Crippen LogP contribution in [0.15, 0.2) is 47.4 Å². The molecule has 0 aliphatic carbocycles. The fraction of sp³-hybridized carbons (Fsp3) is 0.200. The van der Waals surface area contributed by atoms with Crippen molar-refractivity contribution in [3.63, 3.8) is 0 Å². The standard InChI is InChI=1S/C15H18N2O2S/c1-11-6-3-4-7-13(11)10-17-20(18,19)15-9-5-8-14(16)12(15)2/h3-9,17H,10,16H2,1-2H3. The Labute approximate surface area is 119 Å². The van der Waals surface area contributed by atoms with Crippen molar-refractivity contribution in [3.8, 4) is 0 Å². The van der Waals surface area contributed by atoms with Crippen LogP contribution in [0.2, 0.25) is 0 Å². The number of anilines is 1. The molecule has 2 aromatic carbocycles. The zero-order valence-corrected chi connectivity index (χ0v) is 12.4. The summed E-state index contributed by atoms with van der Waals surface area (Å²) in [7, 11) is -3.56. The Balaban J connectivity index is 2.24. The summed E-state index contributed by atoms with van der Waals surface area (Å²) in [4.78, 5) is 0.228. The predicted molar refractivity (Wildman–Crippen MR) is 80.8 cm³/mol. The van der Waals surface area contributed by atoms with E-state index in [9.17, 15) is 8.42 Å². The van der Waals surface area contributed by atoms with Gasteiger partial charge >= 0.3 is 0 Å². The minimum atomic E-state index is -3.56. The molecule has 0 aliphatic rings. The molecule has 0 bridgehead atoms. The van der Waals surface area contributed by atoms with Gasteiger partial charge in [-0.2, -0.15) is 0 Å². The minimum Gasteiger partial charge on any atom is -0.398 e. The number of sulfonamides is 1. The van der Waals surface area contributed by atoms with Gasteiger partial charge in [0, 0.05) is 12.2 Å². The van der Waals surface area contributed by atoms with Crippen LogP contribution >= 0.6 is 0 Å². The molecule has 0 unspecified atom stereocenters. The summed E-state index contributed by atoms with van der Waals surface area (Å²) < 4.78 is 27.3. The summed E-state index contributed by atoms with van der Waals surface area (Å²) in [5.41, 5.74) is 8.82. The Morgan fingerprint density at radius 3 is 2.45 bits per heavy atom. The largest absolute Gasteiger partial charge is 0.398 e. The summed E-state index contributed by atoms with van der Waals surface area (Å²) >= 11 is 0. The first kappa shape index (κ1) is 14.6. The summed E-state index contributed by atoms with van der Waals surface area (Å²) in [5.74, 6) is 0. The molecule has 0 saturated heterocycles. The van der Waals surface area contributed by atoms with Crippen LogP contribution in [0.3, 0.4) is 0 Å². The molecule has 0 aliphatic heterocycles. The van der Waals surface area contributed by atoms with Gasteiger partial charge in [-0.05, 0) is 42.7 Å². The first-order chi connectivity index (χ1) is 9.42.